The van der Waals surface area contributed by atoms with Gasteiger partial charge in [0.25, 0.3) is 5.91 Å². The number of para-hydroxylation sites is 3. The Kier molecular flexibility index (Phi) is 5.18. The molecule has 0 radical (unpaired) electrons. The van der Waals surface area contributed by atoms with Crippen molar-refractivity contribution in [2.75, 3.05) is 25.2 Å². The number of ether oxygens (including phenoxy) is 2. The van der Waals surface area contributed by atoms with Gasteiger partial charge < -0.3 is 19.7 Å². The Morgan fingerprint density at radius 2 is 1.88 bits per heavy atom. The second-order valence-electron chi connectivity index (χ2n) is 5.67. The quantitative estimate of drug-likeness (QED) is 0.873. The van der Waals surface area contributed by atoms with Crippen LogP contribution in [0.25, 0.3) is 0 Å². The van der Waals surface area contributed by atoms with Crippen LogP contribution in [0.5, 0.6) is 11.5 Å². The first-order valence-corrected chi connectivity index (χ1v) is 8.10. The van der Waals surface area contributed by atoms with Crippen LogP contribution in [0.15, 0.2) is 54.6 Å². The molecule has 25 heavy (non-hydrogen) atoms. The molecule has 1 heterocycles. The Morgan fingerprint density at radius 3 is 2.64 bits per heavy atom. The van der Waals surface area contributed by atoms with Crippen molar-refractivity contribution in [2.24, 2.45) is 0 Å². The third kappa shape index (κ3) is 3.91. The summed E-state index contributed by atoms with van der Waals surface area (Å²) in [7, 11) is 1.57. The number of amides is 2. The van der Waals surface area contributed by atoms with Crippen molar-refractivity contribution < 1.29 is 19.1 Å². The van der Waals surface area contributed by atoms with E-state index in [0.717, 1.165) is 0 Å². The largest absolute Gasteiger partial charge is 0.495 e. The highest BCUT2D eigenvalue weighted by molar-refractivity contribution is 6.02. The smallest absolute Gasteiger partial charge is 0.258 e. The zero-order valence-electron chi connectivity index (χ0n) is 14.0. The molecule has 0 aromatic heterocycles. The number of hydrogen-bond acceptors (Lipinski definition) is 4. The Labute approximate surface area is 146 Å². The molecule has 6 heteroatoms. The standard InChI is InChI=1S/C19H20N2O4/c1-24-17-10-6-5-9-16(17)21-12-11-15(19(21)23)20-18(22)13-25-14-7-3-2-4-8-14/h2-10,15H,11-13H2,1H3,(H,20,22)/t15-/m0/s1. The maximum absolute atomic E-state index is 12.6. The van der Waals surface area contributed by atoms with Crippen LogP contribution in [-0.4, -0.2) is 38.1 Å². The first-order valence-electron chi connectivity index (χ1n) is 8.10. The Morgan fingerprint density at radius 1 is 1.16 bits per heavy atom. The van der Waals surface area contributed by atoms with E-state index in [0.29, 0.717) is 30.2 Å². The second kappa shape index (κ2) is 7.70. The summed E-state index contributed by atoms with van der Waals surface area (Å²) in [5.74, 6) is 0.794. The van der Waals surface area contributed by atoms with Gasteiger partial charge in [-0.2, -0.15) is 0 Å². The summed E-state index contributed by atoms with van der Waals surface area (Å²) >= 11 is 0. The molecule has 3 rings (SSSR count). The predicted molar refractivity (Wildman–Crippen MR) is 93.8 cm³/mol. The molecule has 1 N–H and O–H groups in total. The van der Waals surface area contributed by atoms with E-state index in [9.17, 15) is 9.59 Å². The van der Waals surface area contributed by atoms with E-state index in [1.807, 2.05) is 42.5 Å². The molecule has 1 fully saturated rings. The number of rotatable bonds is 6. The average Bonchev–Trinajstić information content (AvgIpc) is 3.01. The molecule has 1 aliphatic rings. The summed E-state index contributed by atoms with van der Waals surface area (Å²) in [6.07, 6.45) is 0.550. The van der Waals surface area contributed by atoms with Crippen LogP contribution >= 0.6 is 0 Å². The van der Waals surface area contributed by atoms with Crippen molar-refractivity contribution in [3.8, 4) is 11.5 Å². The Hall–Kier alpha value is -3.02. The lowest BCUT2D eigenvalue weighted by Gasteiger charge is -2.19. The third-order valence-electron chi connectivity index (χ3n) is 4.03. The topological polar surface area (TPSA) is 67.9 Å². The van der Waals surface area contributed by atoms with Crippen LogP contribution < -0.4 is 19.7 Å². The molecule has 6 nitrogen and oxygen atoms in total. The molecule has 1 atom stereocenters. The predicted octanol–water partition coefficient (Wildman–Crippen LogP) is 2.00. The summed E-state index contributed by atoms with van der Waals surface area (Å²) < 4.78 is 10.7. The van der Waals surface area contributed by atoms with E-state index in [1.165, 1.54) is 0 Å². The van der Waals surface area contributed by atoms with Crippen LogP contribution in [0.2, 0.25) is 0 Å². The monoisotopic (exact) mass is 340 g/mol. The fourth-order valence-electron chi connectivity index (χ4n) is 2.81. The molecule has 0 unspecified atom stereocenters. The SMILES string of the molecule is COc1ccccc1N1CC[C@H](NC(=O)COc2ccccc2)C1=O. The van der Waals surface area contributed by atoms with Crippen LogP contribution in [0, 0.1) is 0 Å². The van der Waals surface area contributed by atoms with E-state index in [-0.39, 0.29) is 18.4 Å². The molecule has 130 valence electrons. The number of benzene rings is 2. The highest BCUT2D eigenvalue weighted by Crippen LogP contribution is 2.30. The highest BCUT2D eigenvalue weighted by Gasteiger charge is 2.34. The maximum atomic E-state index is 12.6. The number of nitrogens with zero attached hydrogens (tertiary/aromatic N) is 1. The van der Waals surface area contributed by atoms with Gasteiger partial charge in [0.2, 0.25) is 5.91 Å². The van der Waals surface area contributed by atoms with Crippen molar-refractivity contribution in [3.63, 3.8) is 0 Å². The van der Waals surface area contributed by atoms with E-state index >= 15 is 0 Å². The lowest BCUT2D eigenvalue weighted by molar-refractivity contribution is -0.127. The van der Waals surface area contributed by atoms with Gasteiger partial charge in [-0.15, -0.1) is 0 Å². The van der Waals surface area contributed by atoms with Crippen molar-refractivity contribution in [3.05, 3.63) is 54.6 Å². The summed E-state index contributed by atoms with van der Waals surface area (Å²) in [5, 5.41) is 2.74. The molecule has 0 saturated carbocycles. The summed E-state index contributed by atoms with van der Waals surface area (Å²) in [6.45, 7) is 0.409. The maximum Gasteiger partial charge on any atom is 0.258 e. The van der Waals surface area contributed by atoms with Crippen molar-refractivity contribution >= 4 is 17.5 Å². The summed E-state index contributed by atoms with van der Waals surface area (Å²) in [4.78, 5) is 26.3. The minimum atomic E-state index is -0.545. The second-order valence-corrected chi connectivity index (χ2v) is 5.67. The van der Waals surface area contributed by atoms with Gasteiger partial charge in [0.1, 0.15) is 17.5 Å². The van der Waals surface area contributed by atoms with Gasteiger partial charge in [-0.1, -0.05) is 30.3 Å². The zero-order chi connectivity index (χ0) is 17.6. The van der Waals surface area contributed by atoms with Crippen LogP contribution in [0.1, 0.15) is 6.42 Å². The lowest BCUT2D eigenvalue weighted by Crippen LogP contribution is -2.43. The Bertz CT molecular complexity index is 748. The molecule has 0 bridgehead atoms. The van der Waals surface area contributed by atoms with Crippen LogP contribution in [0.3, 0.4) is 0 Å². The van der Waals surface area contributed by atoms with Gasteiger partial charge in [-0.3, -0.25) is 9.59 Å². The molecule has 0 spiro atoms. The van der Waals surface area contributed by atoms with E-state index in [1.54, 1.807) is 24.1 Å². The van der Waals surface area contributed by atoms with Crippen LogP contribution in [-0.2, 0) is 9.59 Å². The fraction of sp³-hybridized carbons (Fsp3) is 0.263. The molecule has 2 amide bonds. The average molecular weight is 340 g/mol. The fourth-order valence-corrected chi connectivity index (χ4v) is 2.81. The molecule has 1 aliphatic heterocycles. The minimum Gasteiger partial charge on any atom is -0.495 e. The number of carbonyl (C=O) groups is 2. The van der Waals surface area contributed by atoms with Crippen molar-refractivity contribution in [1.29, 1.82) is 0 Å². The summed E-state index contributed by atoms with van der Waals surface area (Å²) in [5.41, 5.74) is 0.715. The van der Waals surface area contributed by atoms with E-state index in [4.69, 9.17) is 9.47 Å². The molecular weight excluding hydrogens is 320 g/mol. The van der Waals surface area contributed by atoms with Gasteiger partial charge in [0, 0.05) is 6.54 Å². The van der Waals surface area contributed by atoms with E-state index < -0.39 is 6.04 Å². The first kappa shape index (κ1) is 16.8. The molecule has 1 saturated heterocycles. The van der Waals surface area contributed by atoms with Gasteiger partial charge in [-0.25, -0.2) is 0 Å². The van der Waals surface area contributed by atoms with Gasteiger partial charge >= 0.3 is 0 Å². The molecule has 0 aliphatic carbocycles. The van der Waals surface area contributed by atoms with Crippen LogP contribution in [0.4, 0.5) is 5.69 Å². The number of carbonyl (C=O) groups excluding carboxylic acids is 2. The lowest BCUT2D eigenvalue weighted by atomic mass is 10.2. The Balaban J connectivity index is 1.57. The molecular formula is C19H20N2O4. The van der Waals surface area contributed by atoms with Crippen molar-refractivity contribution in [2.45, 2.75) is 12.5 Å². The number of anilines is 1. The van der Waals surface area contributed by atoms with Gasteiger partial charge in [0.05, 0.1) is 12.8 Å². The van der Waals surface area contributed by atoms with E-state index in [2.05, 4.69) is 5.32 Å². The zero-order valence-corrected chi connectivity index (χ0v) is 14.0. The first-order chi connectivity index (χ1) is 12.2. The minimum absolute atomic E-state index is 0.123. The van der Waals surface area contributed by atoms with Gasteiger partial charge in [-0.05, 0) is 30.7 Å². The van der Waals surface area contributed by atoms with Crippen molar-refractivity contribution in [1.82, 2.24) is 5.32 Å². The number of nitrogens with one attached hydrogen (secondary N) is 1. The molecule has 2 aromatic carbocycles. The summed E-state index contributed by atoms with van der Waals surface area (Å²) in [6, 6.07) is 15.9. The number of methoxy groups -OCH3 is 1. The molecule has 2 aromatic rings. The third-order valence-corrected chi connectivity index (χ3v) is 4.03. The highest BCUT2D eigenvalue weighted by atomic mass is 16.5. The normalized spacial score (nSPS) is 16.6. The number of hydrogen-bond donors (Lipinski definition) is 1. The van der Waals surface area contributed by atoms with Gasteiger partial charge in [0.15, 0.2) is 6.61 Å².